The van der Waals surface area contributed by atoms with Crippen LogP contribution in [-0.2, 0) is 18.7 Å². The first kappa shape index (κ1) is 13.8. The molecule has 2 aromatic rings. The summed E-state index contributed by atoms with van der Waals surface area (Å²) in [5.74, 6) is 0.184. The quantitative estimate of drug-likeness (QED) is 0.939. The molecule has 0 unspecified atom stereocenters. The van der Waals surface area contributed by atoms with Crippen LogP contribution in [0.1, 0.15) is 34.6 Å². The van der Waals surface area contributed by atoms with Gasteiger partial charge in [-0.05, 0) is 31.9 Å². The average molecular weight is 325 g/mol. The van der Waals surface area contributed by atoms with E-state index in [1.165, 1.54) is 23.0 Å². The van der Waals surface area contributed by atoms with E-state index >= 15 is 0 Å². The third kappa shape index (κ3) is 3.67. The second-order valence-electron chi connectivity index (χ2n) is 5.81. The zero-order valence-electron chi connectivity index (χ0n) is 14.6. The van der Waals surface area contributed by atoms with Crippen LogP contribution in [0.25, 0.3) is 0 Å². The van der Waals surface area contributed by atoms with Crippen LogP contribution in [0.5, 0.6) is 5.75 Å². The van der Waals surface area contributed by atoms with Crippen molar-refractivity contribution in [2.45, 2.75) is 39.5 Å². The van der Waals surface area contributed by atoms with Crippen molar-refractivity contribution in [2.24, 2.45) is 0 Å². The molecule has 6 heteroatoms. The van der Waals surface area contributed by atoms with Crippen molar-refractivity contribution < 1.29 is 12.6 Å². The van der Waals surface area contributed by atoms with Crippen molar-refractivity contribution in [3.8, 4) is 5.75 Å². The average Bonchev–Trinajstić information content (AvgIpc) is 2.47. The lowest BCUT2D eigenvalue weighted by molar-refractivity contribution is 0.281. The molecule has 0 fully saturated rings. The molecule has 0 aliphatic heterocycles. The minimum absolute atomic E-state index is 0.0387. The van der Waals surface area contributed by atoms with E-state index < -0.39 is 17.7 Å². The summed E-state index contributed by atoms with van der Waals surface area (Å²) in [7, 11) is 0. The first-order chi connectivity index (χ1) is 11.0. The Balaban J connectivity index is 2.16. The summed E-state index contributed by atoms with van der Waals surface area (Å²) in [6, 6.07) is 6.19. The molecule has 1 aromatic carbocycles. The van der Waals surface area contributed by atoms with Gasteiger partial charge in [0.05, 0.1) is 21.0 Å². The Morgan fingerprint density at radius 2 is 1.91 bits per heavy atom. The highest BCUT2D eigenvalue weighted by molar-refractivity contribution is 6.31. The zero-order valence-corrected chi connectivity index (χ0v) is 13.4. The maximum absolute atomic E-state index is 12.2. The summed E-state index contributed by atoms with van der Waals surface area (Å²) in [5, 5.41) is 13.3. The van der Waals surface area contributed by atoms with E-state index in [1.54, 1.807) is 12.1 Å². The van der Waals surface area contributed by atoms with Crippen molar-refractivity contribution in [1.29, 1.82) is 0 Å². The van der Waals surface area contributed by atoms with Gasteiger partial charge in [-0.25, -0.2) is 4.68 Å². The molecule has 22 heavy (non-hydrogen) atoms. The Kier molecular flexibility index (Phi) is 4.07. The lowest BCUT2D eigenvalue weighted by atomic mass is 10.1. The fourth-order valence-corrected chi connectivity index (χ4v) is 2.02. The van der Waals surface area contributed by atoms with Crippen molar-refractivity contribution in [1.82, 2.24) is 9.78 Å². The Bertz CT molecular complexity index is 778. The summed E-state index contributed by atoms with van der Waals surface area (Å²) >= 11 is 6.07. The number of aromatic nitrogens is 2. The molecule has 1 N–H and O–H groups in total. The van der Waals surface area contributed by atoms with Crippen LogP contribution in [0.15, 0.2) is 35.3 Å². The number of halogens is 1. The van der Waals surface area contributed by atoms with E-state index in [9.17, 15) is 9.90 Å². The fourth-order valence-electron chi connectivity index (χ4n) is 1.83. The van der Waals surface area contributed by atoms with Gasteiger partial charge >= 0.3 is 0 Å². The molecule has 0 radical (unpaired) electrons. The predicted octanol–water partition coefficient (Wildman–Crippen LogP) is 2.72. The monoisotopic (exact) mass is 324 g/mol. The lowest BCUT2D eigenvalue weighted by Crippen LogP contribution is -2.36. The highest BCUT2D eigenvalue weighted by atomic mass is 35.5. The largest absolute Gasteiger partial charge is 0.485 e. The smallest absolute Gasteiger partial charge is 0.289 e. The molecular formula is C16H19ClN2O3. The Labute approximate surface area is 136 Å². The van der Waals surface area contributed by atoms with Crippen molar-refractivity contribution in [3.63, 3.8) is 0 Å². The summed E-state index contributed by atoms with van der Waals surface area (Å²) < 4.78 is 21.3. The molecule has 5 nitrogen and oxygen atoms in total. The van der Waals surface area contributed by atoms with E-state index in [1.807, 2.05) is 20.8 Å². The van der Waals surface area contributed by atoms with E-state index in [-0.39, 0.29) is 22.9 Å². The van der Waals surface area contributed by atoms with Crippen LogP contribution in [-0.4, -0.2) is 14.9 Å². The minimum atomic E-state index is -2.38. The van der Waals surface area contributed by atoms with Gasteiger partial charge in [-0.1, -0.05) is 35.9 Å². The molecule has 0 saturated heterocycles. The molecule has 0 atom stereocenters. The topological polar surface area (TPSA) is 64.3 Å². The number of rotatable bonds is 4. The first-order valence-corrected chi connectivity index (χ1v) is 7.11. The minimum Gasteiger partial charge on any atom is -0.485 e. The van der Waals surface area contributed by atoms with Crippen molar-refractivity contribution in [2.75, 3.05) is 0 Å². The second-order valence-corrected chi connectivity index (χ2v) is 6.19. The van der Waals surface area contributed by atoms with Crippen LogP contribution in [0.4, 0.5) is 0 Å². The van der Waals surface area contributed by atoms with Crippen LogP contribution in [0.3, 0.4) is 0 Å². The molecule has 1 heterocycles. The molecule has 0 spiro atoms. The normalized spacial score (nSPS) is 13.5. The first-order valence-electron chi connectivity index (χ1n) is 7.73. The molecule has 2 rings (SSSR count). The van der Waals surface area contributed by atoms with E-state index in [4.69, 9.17) is 19.1 Å². The van der Waals surface area contributed by atoms with Crippen molar-refractivity contribution >= 4 is 11.6 Å². The van der Waals surface area contributed by atoms with Gasteiger partial charge in [-0.2, -0.15) is 5.10 Å². The molecule has 0 bridgehead atoms. The molecule has 118 valence electrons. The molecule has 0 saturated carbocycles. The Hall–Kier alpha value is -1.85. The fraction of sp³-hybridized carbons (Fsp3) is 0.375. The van der Waals surface area contributed by atoms with Crippen LogP contribution < -0.4 is 10.3 Å². The number of aliphatic hydroxyl groups is 1. The van der Waals surface area contributed by atoms with Gasteiger partial charge in [0.15, 0.2) is 10.8 Å². The summed E-state index contributed by atoms with van der Waals surface area (Å²) in [6.45, 7) is 3.29. The zero-order chi connectivity index (χ0) is 18.1. The number of hydrogen-bond donors (Lipinski definition) is 1. The molecular weight excluding hydrogens is 304 g/mol. The number of ether oxygens (including phenoxy) is 1. The standard InChI is InChI=1S/C16H19ClN2O3/c1-16(2,3)19-15(21)14(17)13(8-18-19)22-10-12-6-4-11(9-20)5-7-12/h4-8,20H,9-10H2,1-3H3/i9D2. The maximum Gasteiger partial charge on any atom is 0.289 e. The summed E-state index contributed by atoms with van der Waals surface area (Å²) in [4.78, 5) is 12.2. The SMILES string of the molecule is [2H]C([2H])(O)c1ccc(COc2cnn(C(C)(C)C)c(=O)c2Cl)cc1. The number of benzene rings is 1. The third-order valence-electron chi connectivity index (χ3n) is 3.00. The van der Waals surface area contributed by atoms with Gasteiger partial charge in [0.2, 0.25) is 0 Å². The maximum atomic E-state index is 12.2. The number of hydrogen-bond acceptors (Lipinski definition) is 4. The second kappa shape index (κ2) is 6.50. The molecule has 0 aliphatic carbocycles. The highest BCUT2D eigenvalue weighted by Gasteiger charge is 2.19. The molecule has 0 aliphatic rings. The number of nitrogens with zero attached hydrogens (tertiary/aromatic N) is 2. The van der Waals surface area contributed by atoms with Gasteiger partial charge in [-0.3, -0.25) is 4.79 Å². The predicted molar refractivity (Wildman–Crippen MR) is 85.2 cm³/mol. The van der Waals surface area contributed by atoms with Crippen molar-refractivity contribution in [3.05, 3.63) is 57.0 Å². The van der Waals surface area contributed by atoms with E-state index in [2.05, 4.69) is 5.10 Å². The molecule has 0 amide bonds. The lowest BCUT2D eigenvalue weighted by Gasteiger charge is -2.21. The van der Waals surface area contributed by atoms with E-state index in [0.717, 1.165) is 5.56 Å². The Morgan fingerprint density at radius 1 is 1.32 bits per heavy atom. The van der Waals surface area contributed by atoms with Gasteiger partial charge in [-0.15, -0.1) is 0 Å². The van der Waals surface area contributed by atoms with Gasteiger partial charge in [0.25, 0.3) is 5.56 Å². The Morgan fingerprint density at radius 3 is 2.45 bits per heavy atom. The molecule has 1 aromatic heterocycles. The highest BCUT2D eigenvalue weighted by Crippen LogP contribution is 2.21. The van der Waals surface area contributed by atoms with Gasteiger partial charge in [0.1, 0.15) is 6.61 Å². The van der Waals surface area contributed by atoms with Gasteiger partial charge < -0.3 is 9.84 Å². The van der Waals surface area contributed by atoms with Crippen LogP contribution in [0.2, 0.25) is 5.02 Å². The third-order valence-corrected chi connectivity index (χ3v) is 3.35. The summed E-state index contributed by atoms with van der Waals surface area (Å²) in [5.41, 5.74) is -0.0263. The van der Waals surface area contributed by atoms with Gasteiger partial charge in [0, 0.05) is 0 Å². The van der Waals surface area contributed by atoms with E-state index in [0.29, 0.717) is 0 Å². The van der Waals surface area contributed by atoms with Crippen LogP contribution >= 0.6 is 11.6 Å². The summed E-state index contributed by atoms with van der Waals surface area (Å²) in [6.07, 6.45) is 1.40. The van der Waals surface area contributed by atoms with Crippen LogP contribution in [0, 0.1) is 0 Å².